The molecule has 3 aliphatic heterocycles. The van der Waals surface area contributed by atoms with E-state index < -0.39 is 103 Å². The minimum atomic E-state index is -1.58. The number of benzene rings is 1. The molecule has 2 saturated carbocycles. The maximum Gasteiger partial charge on any atom is 0.343 e. The summed E-state index contributed by atoms with van der Waals surface area (Å²) in [4.78, 5) is 29.3. The fourth-order valence-corrected chi connectivity index (χ4v) is 8.71. The Morgan fingerprint density at radius 2 is 1.64 bits per heavy atom. The average molecular weight is 839 g/mol. The lowest BCUT2D eigenvalue weighted by molar-refractivity contribution is -0.313. The molecule has 59 heavy (non-hydrogen) atoms. The van der Waals surface area contributed by atoms with Gasteiger partial charge in [0.15, 0.2) is 24.1 Å². The van der Waals surface area contributed by atoms with Crippen molar-refractivity contribution >= 4 is 22.6 Å². The number of nitrogens with zero attached hydrogens (tertiary/aromatic N) is 2. The van der Waals surface area contributed by atoms with Gasteiger partial charge in [-0.25, -0.2) is 9.18 Å². The minimum Gasteiger partial charge on any atom is -0.492 e. The number of aromatic nitrogens is 1. The van der Waals surface area contributed by atoms with E-state index in [0.717, 1.165) is 18.9 Å². The zero-order chi connectivity index (χ0) is 42.4. The summed E-state index contributed by atoms with van der Waals surface area (Å²) in [7, 11) is 1.43. The molecule has 0 amide bonds. The molecule has 1 unspecified atom stereocenters. The summed E-state index contributed by atoms with van der Waals surface area (Å²) >= 11 is 0. The van der Waals surface area contributed by atoms with Gasteiger partial charge in [-0.3, -0.25) is 4.79 Å². The zero-order valence-electron chi connectivity index (χ0n) is 33.2. The number of aliphatic hydroxyl groups excluding tert-OH is 4. The number of anilines is 1. The van der Waals surface area contributed by atoms with Gasteiger partial charge in [-0.1, -0.05) is 0 Å². The number of hydrogen-bond acceptors (Lipinski definition) is 19. The van der Waals surface area contributed by atoms with Gasteiger partial charge in [0.2, 0.25) is 5.43 Å². The summed E-state index contributed by atoms with van der Waals surface area (Å²) in [5.74, 6) is -1.41. The van der Waals surface area contributed by atoms with Crippen LogP contribution in [0.5, 0.6) is 5.75 Å². The fourth-order valence-electron chi connectivity index (χ4n) is 8.71. The first-order valence-corrected chi connectivity index (χ1v) is 20.3. The predicted molar refractivity (Wildman–Crippen MR) is 209 cm³/mol. The maximum absolute atomic E-state index is 15.9. The third kappa shape index (κ3) is 8.82. The van der Waals surface area contributed by atoms with Gasteiger partial charge < -0.3 is 92.3 Å². The summed E-state index contributed by atoms with van der Waals surface area (Å²) in [6, 6.07) is -2.48. The molecule has 5 fully saturated rings. The molecule has 330 valence electrons. The number of esters is 1. The van der Waals surface area contributed by atoms with Crippen molar-refractivity contribution in [3.05, 3.63) is 33.9 Å². The molecule has 15 atom stereocenters. The van der Waals surface area contributed by atoms with E-state index in [1.165, 1.54) is 13.3 Å². The van der Waals surface area contributed by atoms with Crippen molar-refractivity contribution in [2.75, 3.05) is 44.8 Å². The van der Waals surface area contributed by atoms with Gasteiger partial charge >= 0.3 is 5.97 Å². The number of hydrogen-bond donors (Lipinski definition) is 10. The first-order chi connectivity index (χ1) is 28.1. The molecule has 1 aromatic carbocycles. The molecular formula is C38H59FN8O12. The summed E-state index contributed by atoms with van der Waals surface area (Å²) in [5, 5.41) is 46.9. The van der Waals surface area contributed by atoms with Crippen LogP contribution >= 0.6 is 0 Å². The van der Waals surface area contributed by atoms with E-state index in [2.05, 4.69) is 5.32 Å². The van der Waals surface area contributed by atoms with Crippen LogP contribution < -0.4 is 49.1 Å². The van der Waals surface area contributed by atoms with Gasteiger partial charge in [0.05, 0.1) is 61.1 Å². The number of fused-ring (bicyclic) bond motifs is 1. The molecular weight excluding hydrogens is 779 g/mol. The van der Waals surface area contributed by atoms with Crippen LogP contribution in [0.3, 0.4) is 0 Å². The number of rotatable bonds is 12. The molecule has 1 aromatic heterocycles. The number of ether oxygens (including phenoxy) is 6. The molecule has 20 nitrogen and oxygen atoms in total. The number of halogens is 1. The smallest absolute Gasteiger partial charge is 0.343 e. The fraction of sp³-hybridized carbons (Fsp3) is 0.737. The highest BCUT2D eigenvalue weighted by molar-refractivity contribution is 5.97. The van der Waals surface area contributed by atoms with Gasteiger partial charge in [0.25, 0.3) is 0 Å². The lowest BCUT2D eigenvalue weighted by Gasteiger charge is -2.48. The second-order valence-electron chi connectivity index (χ2n) is 16.5. The Bertz CT molecular complexity index is 1880. The first kappa shape index (κ1) is 43.9. The average Bonchev–Trinajstić information content (AvgIpc) is 4.05. The van der Waals surface area contributed by atoms with E-state index in [0.29, 0.717) is 25.2 Å². The van der Waals surface area contributed by atoms with Crippen LogP contribution in [-0.4, -0.2) is 162 Å². The molecule has 4 heterocycles. The number of aliphatic hydroxyl groups is 4. The summed E-state index contributed by atoms with van der Waals surface area (Å²) in [6.07, 6.45) is -9.07. The number of methoxy groups -OCH3 is 1. The van der Waals surface area contributed by atoms with Crippen molar-refractivity contribution in [3.8, 4) is 5.75 Å². The quantitative estimate of drug-likeness (QED) is 0.0930. The highest BCUT2D eigenvalue weighted by atomic mass is 19.1. The normalized spacial score (nSPS) is 38.0. The summed E-state index contributed by atoms with van der Waals surface area (Å²) in [5.41, 5.74) is 30.4. The summed E-state index contributed by atoms with van der Waals surface area (Å²) in [6.45, 7) is 3.36. The number of nitrogens with two attached hydrogens (primary N) is 5. The lowest BCUT2D eigenvalue weighted by atomic mass is 9.84. The Morgan fingerprint density at radius 3 is 2.29 bits per heavy atom. The van der Waals surface area contributed by atoms with Crippen molar-refractivity contribution in [3.63, 3.8) is 0 Å². The maximum atomic E-state index is 15.9. The standard InChI is InChI=1S/C38H59FN8O12/c1-15-13-46(7-6-45-15)28-19(39)9-17-27(35(28)54-2)47(16-3-4-16)14-18(29(17)49)36(53)55-8-5-24-30(50)26(44)31(51)38(56-24)59-34-21(42)10-20(41)33(32(34)52)58-37-22(43)11-23(48)25(12-40)57-37/h9,14-16,20-26,30-34,37-38,45,48,50-52H,3-8,10-13,40-44H2,1-2H3/t15?,20-,21+,22+,23-,24+,25+,26-,30+,31+,32-,33+,34-,37+,38-/m0/s1. The molecule has 3 saturated heterocycles. The van der Waals surface area contributed by atoms with Crippen LogP contribution in [0.1, 0.15) is 55.4 Å². The topological polar surface area (TPSA) is 321 Å². The van der Waals surface area contributed by atoms with Crippen LogP contribution in [0.2, 0.25) is 0 Å². The van der Waals surface area contributed by atoms with Crippen LogP contribution in [0.25, 0.3) is 10.9 Å². The molecule has 21 heteroatoms. The second kappa shape index (κ2) is 18.1. The molecule has 5 aliphatic rings. The van der Waals surface area contributed by atoms with Gasteiger partial charge in [0.1, 0.15) is 35.7 Å². The Kier molecular flexibility index (Phi) is 13.5. The molecule has 2 aromatic rings. The molecule has 15 N–H and O–H groups in total. The lowest BCUT2D eigenvalue weighted by Crippen LogP contribution is -2.68. The van der Waals surface area contributed by atoms with Crippen molar-refractivity contribution in [2.45, 2.75) is 137 Å². The third-order valence-corrected chi connectivity index (χ3v) is 12.1. The van der Waals surface area contributed by atoms with Gasteiger partial charge in [-0.05, 0) is 38.7 Å². The third-order valence-electron chi connectivity index (χ3n) is 12.1. The highest BCUT2D eigenvalue weighted by Gasteiger charge is 2.50. The Morgan fingerprint density at radius 1 is 0.966 bits per heavy atom. The Balaban J connectivity index is 1.03. The van der Waals surface area contributed by atoms with E-state index in [-0.39, 0.29) is 66.9 Å². The van der Waals surface area contributed by atoms with Crippen molar-refractivity contribution in [2.24, 2.45) is 28.7 Å². The van der Waals surface area contributed by atoms with Crippen LogP contribution in [0.4, 0.5) is 10.1 Å². The Hall–Kier alpha value is -3.13. The Labute approximate surface area is 339 Å². The monoisotopic (exact) mass is 838 g/mol. The highest BCUT2D eigenvalue weighted by Crippen LogP contribution is 2.44. The molecule has 0 radical (unpaired) electrons. The second-order valence-corrected chi connectivity index (χ2v) is 16.5. The van der Waals surface area contributed by atoms with E-state index in [9.17, 15) is 30.0 Å². The largest absolute Gasteiger partial charge is 0.492 e. The van der Waals surface area contributed by atoms with Gasteiger partial charge in [-0.15, -0.1) is 0 Å². The SMILES string of the molecule is COc1c(N2CCNC(C)C2)c(F)cc2c(=O)c(C(=O)OCC[C@H]3O[C@@H](O[C@@H]4[C@@H](O)[C@H](O[C@H]5O[C@H](CN)[C@@H](O)C[C@H]5N)[C@@H](N)C[C@H]4N)[C@H](O)[C@@H](N)[C@@H]3O)cn(C3CC3)c12. The molecule has 2 aliphatic carbocycles. The van der Waals surface area contributed by atoms with Crippen molar-refractivity contribution in [1.29, 1.82) is 0 Å². The van der Waals surface area contributed by atoms with E-state index in [4.69, 9.17) is 57.1 Å². The van der Waals surface area contributed by atoms with E-state index in [1.807, 2.05) is 11.8 Å². The van der Waals surface area contributed by atoms with Crippen molar-refractivity contribution < 1.29 is 58.0 Å². The van der Waals surface area contributed by atoms with Crippen molar-refractivity contribution in [1.82, 2.24) is 9.88 Å². The van der Waals surface area contributed by atoms with Crippen LogP contribution in [0, 0.1) is 5.82 Å². The summed E-state index contributed by atoms with van der Waals surface area (Å²) < 4.78 is 52.8. The molecule has 0 spiro atoms. The zero-order valence-corrected chi connectivity index (χ0v) is 33.2. The number of carbonyl (C=O) groups is 1. The van der Waals surface area contributed by atoms with Gasteiger partial charge in [0, 0.05) is 63.0 Å². The molecule has 0 bridgehead atoms. The van der Waals surface area contributed by atoms with Crippen LogP contribution in [0.15, 0.2) is 17.1 Å². The number of pyridine rings is 1. The predicted octanol–water partition coefficient (Wildman–Crippen LogP) is -3.45. The molecule has 7 rings (SSSR count). The first-order valence-electron chi connectivity index (χ1n) is 20.3. The number of piperazine rings is 1. The van der Waals surface area contributed by atoms with E-state index in [1.54, 1.807) is 4.57 Å². The van der Waals surface area contributed by atoms with E-state index >= 15 is 4.39 Å². The van der Waals surface area contributed by atoms with Crippen LogP contribution in [-0.2, 0) is 23.7 Å². The minimum absolute atomic E-state index is 0.00515. The number of nitrogens with one attached hydrogen (secondary N) is 1. The number of carbonyl (C=O) groups excluding carboxylic acids is 1. The van der Waals surface area contributed by atoms with Gasteiger partial charge in [-0.2, -0.15) is 0 Å².